The van der Waals surface area contributed by atoms with Gasteiger partial charge in [-0.1, -0.05) is 60.2 Å². The number of carbonyl (C=O) groups is 3. The summed E-state index contributed by atoms with van der Waals surface area (Å²) in [6.07, 6.45) is -0.721. The van der Waals surface area contributed by atoms with Crippen LogP contribution in [0.3, 0.4) is 0 Å². The fourth-order valence-corrected chi connectivity index (χ4v) is 4.41. The monoisotopic (exact) mass is 535 g/mol. The standard InChI is InChI=1S/C30H37N3O4S/c1-19(2)33(28(35)25(18-38)32-29(36)37-30(4,5)6)26(22-13-11-20(3)12-14-22)27(34)31-24-16-15-21-9-7-8-10-23(21)17-24/h7-17,19,25-26,38H,18H2,1-6H3,(H,31,34)(H,32,36). The number of alkyl carbamates (subject to hydrolysis) is 1. The maximum atomic E-state index is 13.9. The number of ether oxygens (including phenoxy) is 1. The highest BCUT2D eigenvalue weighted by atomic mass is 32.1. The number of nitrogens with zero attached hydrogens (tertiary/aromatic N) is 1. The number of anilines is 1. The van der Waals surface area contributed by atoms with Crippen molar-refractivity contribution in [3.05, 3.63) is 77.9 Å². The molecule has 3 amide bonds. The second kappa shape index (κ2) is 12.3. The minimum Gasteiger partial charge on any atom is -0.444 e. The van der Waals surface area contributed by atoms with Crippen molar-refractivity contribution in [2.75, 3.05) is 11.1 Å². The molecule has 0 saturated heterocycles. The first-order valence-corrected chi connectivity index (χ1v) is 13.3. The maximum absolute atomic E-state index is 13.9. The molecule has 8 heteroatoms. The van der Waals surface area contributed by atoms with Crippen molar-refractivity contribution in [3.8, 4) is 0 Å². The number of amides is 3. The third-order valence-electron chi connectivity index (χ3n) is 5.92. The third kappa shape index (κ3) is 7.51. The van der Waals surface area contributed by atoms with Crippen LogP contribution in [0, 0.1) is 6.92 Å². The average molecular weight is 536 g/mol. The van der Waals surface area contributed by atoms with E-state index in [1.54, 1.807) is 20.8 Å². The van der Waals surface area contributed by atoms with Gasteiger partial charge in [0.05, 0.1) is 0 Å². The quantitative estimate of drug-likeness (QED) is 0.314. The average Bonchev–Trinajstić information content (AvgIpc) is 2.84. The van der Waals surface area contributed by atoms with Crippen LogP contribution in [-0.4, -0.2) is 46.2 Å². The van der Waals surface area contributed by atoms with Crippen LogP contribution in [0.25, 0.3) is 10.8 Å². The van der Waals surface area contributed by atoms with E-state index in [9.17, 15) is 14.4 Å². The summed E-state index contributed by atoms with van der Waals surface area (Å²) in [5.74, 6) is -0.754. The van der Waals surface area contributed by atoms with E-state index in [4.69, 9.17) is 4.74 Å². The molecule has 0 aliphatic carbocycles. The molecule has 7 nitrogen and oxygen atoms in total. The summed E-state index contributed by atoms with van der Waals surface area (Å²) in [6, 6.07) is 18.8. The number of carbonyl (C=O) groups excluding carboxylic acids is 3. The highest BCUT2D eigenvalue weighted by molar-refractivity contribution is 7.80. The van der Waals surface area contributed by atoms with Gasteiger partial charge in [0.15, 0.2) is 0 Å². The van der Waals surface area contributed by atoms with E-state index in [1.165, 1.54) is 4.90 Å². The fourth-order valence-electron chi connectivity index (χ4n) is 4.16. The predicted octanol–water partition coefficient (Wildman–Crippen LogP) is 5.89. The predicted molar refractivity (Wildman–Crippen MR) is 155 cm³/mol. The largest absolute Gasteiger partial charge is 0.444 e. The first-order valence-electron chi connectivity index (χ1n) is 12.7. The topological polar surface area (TPSA) is 87.7 Å². The summed E-state index contributed by atoms with van der Waals surface area (Å²) in [6.45, 7) is 10.9. The summed E-state index contributed by atoms with van der Waals surface area (Å²) in [5.41, 5.74) is 1.59. The molecular weight excluding hydrogens is 498 g/mol. The van der Waals surface area contributed by atoms with Gasteiger partial charge < -0.3 is 20.3 Å². The molecule has 3 aromatic carbocycles. The van der Waals surface area contributed by atoms with Gasteiger partial charge in [0.1, 0.15) is 17.7 Å². The molecule has 0 aliphatic rings. The Morgan fingerprint density at radius 2 is 1.58 bits per heavy atom. The number of nitrogens with one attached hydrogen (secondary N) is 2. The Bertz CT molecular complexity index is 1280. The van der Waals surface area contributed by atoms with E-state index in [0.717, 1.165) is 16.3 Å². The zero-order valence-electron chi connectivity index (χ0n) is 22.8. The molecular formula is C30H37N3O4S. The molecule has 0 bridgehead atoms. The van der Waals surface area contributed by atoms with Crippen LogP contribution < -0.4 is 10.6 Å². The molecule has 3 aromatic rings. The minimum atomic E-state index is -0.989. The summed E-state index contributed by atoms with van der Waals surface area (Å²) in [7, 11) is 0. The molecule has 2 N–H and O–H groups in total. The summed E-state index contributed by atoms with van der Waals surface area (Å²) in [5, 5.41) is 7.68. The Hall–Kier alpha value is -3.52. The summed E-state index contributed by atoms with van der Waals surface area (Å²) >= 11 is 4.32. The van der Waals surface area contributed by atoms with E-state index >= 15 is 0 Å². The lowest BCUT2D eigenvalue weighted by atomic mass is 10.00. The highest BCUT2D eigenvalue weighted by Gasteiger charge is 2.37. The van der Waals surface area contributed by atoms with E-state index < -0.39 is 29.7 Å². The molecule has 3 rings (SSSR count). The van der Waals surface area contributed by atoms with E-state index in [1.807, 2.05) is 87.5 Å². The van der Waals surface area contributed by atoms with Crippen LogP contribution in [0.2, 0.25) is 0 Å². The summed E-state index contributed by atoms with van der Waals surface area (Å²) in [4.78, 5) is 41.7. The van der Waals surface area contributed by atoms with Gasteiger partial charge in [0, 0.05) is 17.5 Å². The van der Waals surface area contributed by atoms with Gasteiger partial charge >= 0.3 is 6.09 Å². The van der Waals surface area contributed by atoms with Crippen LogP contribution in [0.1, 0.15) is 51.8 Å². The molecule has 2 unspecified atom stereocenters. The van der Waals surface area contributed by atoms with Gasteiger partial charge in [-0.2, -0.15) is 12.6 Å². The van der Waals surface area contributed by atoms with Crippen molar-refractivity contribution in [1.82, 2.24) is 10.2 Å². The Balaban J connectivity index is 1.96. The number of thiol groups is 1. The Morgan fingerprint density at radius 1 is 0.947 bits per heavy atom. The van der Waals surface area contributed by atoms with Gasteiger partial charge in [-0.15, -0.1) is 0 Å². The van der Waals surface area contributed by atoms with E-state index in [0.29, 0.717) is 11.3 Å². The Morgan fingerprint density at radius 3 is 2.16 bits per heavy atom. The van der Waals surface area contributed by atoms with Crippen molar-refractivity contribution < 1.29 is 19.1 Å². The van der Waals surface area contributed by atoms with Crippen LogP contribution in [0.5, 0.6) is 0 Å². The second-order valence-electron chi connectivity index (χ2n) is 10.6. The Labute approximate surface area is 230 Å². The van der Waals surface area contributed by atoms with Gasteiger partial charge in [0.2, 0.25) is 5.91 Å². The van der Waals surface area contributed by atoms with Crippen molar-refractivity contribution in [3.63, 3.8) is 0 Å². The highest BCUT2D eigenvalue weighted by Crippen LogP contribution is 2.28. The Kier molecular flexibility index (Phi) is 9.44. The van der Waals surface area contributed by atoms with E-state index in [-0.39, 0.29) is 17.7 Å². The van der Waals surface area contributed by atoms with Crippen molar-refractivity contribution in [2.45, 2.75) is 65.3 Å². The number of benzene rings is 3. The molecule has 0 radical (unpaired) electrons. The van der Waals surface area contributed by atoms with Crippen LogP contribution in [0.4, 0.5) is 10.5 Å². The number of fused-ring (bicyclic) bond motifs is 1. The fraction of sp³-hybridized carbons (Fsp3) is 0.367. The summed E-state index contributed by atoms with van der Waals surface area (Å²) < 4.78 is 5.35. The van der Waals surface area contributed by atoms with Crippen molar-refractivity contribution in [2.24, 2.45) is 0 Å². The van der Waals surface area contributed by atoms with Crippen LogP contribution >= 0.6 is 12.6 Å². The van der Waals surface area contributed by atoms with Crippen molar-refractivity contribution >= 4 is 47.0 Å². The molecule has 0 aliphatic heterocycles. The van der Waals surface area contributed by atoms with Gasteiger partial charge in [-0.05, 0) is 70.0 Å². The zero-order valence-corrected chi connectivity index (χ0v) is 23.7. The zero-order chi connectivity index (χ0) is 28.0. The van der Waals surface area contributed by atoms with Gasteiger partial charge in [0.25, 0.3) is 5.91 Å². The normalized spacial score (nSPS) is 13.1. The number of rotatable bonds is 8. The smallest absolute Gasteiger partial charge is 0.408 e. The first-order chi connectivity index (χ1) is 17.9. The first kappa shape index (κ1) is 29.0. The van der Waals surface area contributed by atoms with Crippen LogP contribution in [-0.2, 0) is 14.3 Å². The molecule has 0 aromatic heterocycles. The molecule has 38 heavy (non-hydrogen) atoms. The molecule has 202 valence electrons. The third-order valence-corrected chi connectivity index (χ3v) is 6.28. The molecule has 0 saturated carbocycles. The van der Waals surface area contributed by atoms with Crippen LogP contribution in [0.15, 0.2) is 66.7 Å². The molecule has 2 atom stereocenters. The number of hydrogen-bond donors (Lipinski definition) is 3. The van der Waals surface area contributed by atoms with Crippen molar-refractivity contribution in [1.29, 1.82) is 0 Å². The molecule has 0 fully saturated rings. The number of aryl methyl sites for hydroxylation is 1. The lowest BCUT2D eigenvalue weighted by Gasteiger charge is -2.37. The molecule has 0 spiro atoms. The lowest BCUT2D eigenvalue weighted by Crippen LogP contribution is -2.55. The van der Waals surface area contributed by atoms with E-state index in [2.05, 4.69) is 23.3 Å². The second-order valence-corrected chi connectivity index (χ2v) is 11.0. The number of hydrogen-bond acceptors (Lipinski definition) is 5. The minimum absolute atomic E-state index is 0.0359. The van der Waals surface area contributed by atoms with Gasteiger partial charge in [-0.25, -0.2) is 4.79 Å². The maximum Gasteiger partial charge on any atom is 0.408 e. The molecule has 0 heterocycles. The van der Waals surface area contributed by atoms with Gasteiger partial charge in [-0.3, -0.25) is 9.59 Å². The lowest BCUT2D eigenvalue weighted by molar-refractivity contribution is -0.142. The SMILES string of the molecule is Cc1ccc(C(C(=O)Nc2ccc3ccccc3c2)N(C(=O)C(CS)NC(=O)OC(C)(C)C)C(C)C)cc1.